The van der Waals surface area contributed by atoms with E-state index in [1.807, 2.05) is 27.7 Å². The molecule has 0 bridgehead atoms. The van der Waals surface area contributed by atoms with Crippen LogP contribution in [-0.4, -0.2) is 38.3 Å². The smallest absolute Gasteiger partial charge is 0.301 e. The first-order valence-electron chi connectivity index (χ1n) is 12.6. The second-order valence-electron chi connectivity index (χ2n) is 10.2. The maximum Gasteiger partial charge on any atom is 0.301 e. The zero-order chi connectivity index (χ0) is 28.8. The van der Waals surface area contributed by atoms with Crippen molar-refractivity contribution in [2.24, 2.45) is 0 Å². The molecule has 0 aliphatic carbocycles. The molecule has 2 aromatic carbocycles. The average molecular weight is 559 g/mol. The van der Waals surface area contributed by atoms with Gasteiger partial charge in [-0.25, -0.2) is 4.98 Å². The lowest BCUT2D eigenvalue weighted by Crippen LogP contribution is -2.29. The van der Waals surface area contributed by atoms with Crippen molar-refractivity contribution in [1.29, 1.82) is 0 Å². The second kappa shape index (κ2) is 10.2. The largest absolute Gasteiger partial charge is 0.507 e. The van der Waals surface area contributed by atoms with Crippen molar-refractivity contribution in [2.45, 2.75) is 39.2 Å². The summed E-state index contributed by atoms with van der Waals surface area (Å²) < 4.78 is 6.27. The Morgan fingerprint density at radius 1 is 1.15 bits per heavy atom. The molecule has 10 nitrogen and oxygen atoms in total. The number of thiazole rings is 1. The van der Waals surface area contributed by atoms with Gasteiger partial charge in [-0.1, -0.05) is 38.2 Å². The highest BCUT2D eigenvalue weighted by Gasteiger charge is 2.49. The molecule has 11 heteroatoms. The number of ketones is 1. The Morgan fingerprint density at radius 3 is 2.58 bits per heavy atom. The van der Waals surface area contributed by atoms with Gasteiger partial charge in [0.05, 0.1) is 33.0 Å². The lowest BCUT2D eigenvalue weighted by molar-refractivity contribution is -0.384. The zero-order valence-corrected chi connectivity index (χ0v) is 23.1. The van der Waals surface area contributed by atoms with Gasteiger partial charge in [0.25, 0.3) is 11.5 Å². The number of amides is 1. The summed E-state index contributed by atoms with van der Waals surface area (Å²) in [5.41, 5.74) is 1.40. The van der Waals surface area contributed by atoms with Gasteiger partial charge in [-0.3, -0.25) is 29.6 Å². The molecule has 1 amide bonds. The molecule has 4 aromatic rings. The molecule has 1 atom stereocenters. The van der Waals surface area contributed by atoms with Crippen LogP contribution in [0.2, 0.25) is 0 Å². The third-order valence-corrected chi connectivity index (χ3v) is 7.57. The second-order valence-corrected chi connectivity index (χ2v) is 11.2. The molecule has 1 unspecified atom stereocenters. The number of aliphatic hydroxyl groups is 1. The summed E-state index contributed by atoms with van der Waals surface area (Å²) in [6, 6.07) is 13.4. The van der Waals surface area contributed by atoms with Crippen LogP contribution < -0.4 is 9.64 Å². The monoisotopic (exact) mass is 558 g/mol. The van der Waals surface area contributed by atoms with Gasteiger partial charge >= 0.3 is 5.91 Å². The summed E-state index contributed by atoms with van der Waals surface area (Å²) in [6.07, 6.45) is 1.53. The van der Waals surface area contributed by atoms with E-state index in [0.717, 1.165) is 16.9 Å². The number of nitro groups is 1. The number of fused-ring (bicyclic) bond motifs is 1. The molecular weight excluding hydrogens is 532 g/mol. The Kier molecular flexibility index (Phi) is 6.84. The highest BCUT2D eigenvalue weighted by molar-refractivity contribution is 7.22. The van der Waals surface area contributed by atoms with E-state index < -0.39 is 22.7 Å². The van der Waals surface area contributed by atoms with Crippen LogP contribution >= 0.6 is 11.3 Å². The first-order valence-corrected chi connectivity index (χ1v) is 13.4. The molecule has 204 valence electrons. The number of rotatable bonds is 6. The molecule has 0 saturated carbocycles. The van der Waals surface area contributed by atoms with Gasteiger partial charge < -0.3 is 9.84 Å². The van der Waals surface area contributed by atoms with Crippen molar-refractivity contribution in [3.05, 3.63) is 93.3 Å². The number of nitro benzene ring substituents is 1. The van der Waals surface area contributed by atoms with E-state index in [-0.39, 0.29) is 27.6 Å². The highest BCUT2D eigenvalue weighted by Crippen LogP contribution is 2.44. The fraction of sp³-hybridized carbons (Fsp3) is 0.241. The summed E-state index contributed by atoms with van der Waals surface area (Å²) in [5, 5.41) is 23.0. The third-order valence-electron chi connectivity index (χ3n) is 6.55. The number of carbonyl (C=O) groups excluding carboxylic acids is 2. The highest BCUT2D eigenvalue weighted by atomic mass is 32.1. The van der Waals surface area contributed by atoms with Crippen LogP contribution in [0.25, 0.3) is 16.0 Å². The standard InChI is InChI=1S/C29H26N4O6S/c1-5-39-21-12-9-16(14-18(21)29(2,3)4)25(34)23-24(20-8-6-7-13-30-20)32(27(36)26(23)35)28-31-19-11-10-17(33(37)38)15-22(19)40-28/h6-15,24,34H,5H2,1-4H3/b25-23+. The zero-order valence-electron chi connectivity index (χ0n) is 22.2. The minimum atomic E-state index is -1.07. The maximum absolute atomic E-state index is 13.5. The molecular formula is C29H26N4O6S. The minimum Gasteiger partial charge on any atom is -0.507 e. The number of carbonyl (C=O) groups is 2. The fourth-order valence-electron chi connectivity index (χ4n) is 4.67. The van der Waals surface area contributed by atoms with E-state index in [1.165, 1.54) is 29.3 Å². The fourth-order valence-corrected chi connectivity index (χ4v) is 5.69. The SMILES string of the molecule is CCOc1ccc(/C(O)=C2\C(=O)C(=O)N(c3nc4ccc([N+](=O)[O-])cc4s3)C2c2ccccn2)cc1C(C)(C)C. The molecule has 1 fully saturated rings. The van der Waals surface area contributed by atoms with E-state index >= 15 is 0 Å². The van der Waals surface area contributed by atoms with Crippen molar-refractivity contribution < 1.29 is 24.4 Å². The van der Waals surface area contributed by atoms with Crippen molar-refractivity contribution in [3.63, 3.8) is 0 Å². The summed E-state index contributed by atoms with van der Waals surface area (Å²) in [4.78, 5) is 47.9. The van der Waals surface area contributed by atoms with Gasteiger partial charge in [0, 0.05) is 29.5 Å². The number of aromatic nitrogens is 2. The van der Waals surface area contributed by atoms with E-state index in [1.54, 1.807) is 36.4 Å². The van der Waals surface area contributed by atoms with E-state index in [0.29, 0.717) is 33.8 Å². The van der Waals surface area contributed by atoms with Gasteiger partial charge in [-0.15, -0.1) is 0 Å². The summed E-state index contributed by atoms with van der Waals surface area (Å²) in [5.74, 6) is -1.45. The minimum absolute atomic E-state index is 0.115. The van der Waals surface area contributed by atoms with Crippen LogP contribution in [-0.2, 0) is 15.0 Å². The number of hydrogen-bond acceptors (Lipinski definition) is 9. The van der Waals surface area contributed by atoms with Crippen molar-refractivity contribution in [2.75, 3.05) is 11.5 Å². The lowest BCUT2D eigenvalue weighted by Gasteiger charge is -2.24. The number of aliphatic hydroxyl groups excluding tert-OH is 1. The first kappa shape index (κ1) is 26.9. The number of hydrogen-bond donors (Lipinski definition) is 1. The van der Waals surface area contributed by atoms with Crippen LogP contribution in [0.15, 0.2) is 66.4 Å². The van der Waals surface area contributed by atoms with Gasteiger partial charge in [0.15, 0.2) is 5.13 Å². The number of nitrogens with zero attached hydrogens (tertiary/aromatic N) is 4. The molecule has 2 aromatic heterocycles. The van der Waals surface area contributed by atoms with Crippen molar-refractivity contribution >= 4 is 49.8 Å². The Labute approximate surface area is 233 Å². The predicted octanol–water partition coefficient (Wildman–Crippen LogP) is 5.92. The van der Waals surface area contributed by atoms with Crippen LogP contribution in [0.3, 0.4) is 0 Å². The topological polar surface area (TPSA) is 136 Å². The Morgan fingerprint density at radius 2 is 1.93 bits per heavy atom. The Balaban J connectivity index is 1.70. The maximum atomic E-state index is 13.5. The Bertz CT molecular complexity index is 1690. The molecule has 1 saturated heterocycles. The third kappa shape index (κ3) is 4.68. The van der Waals surface area contributed by atoms with Gasteiger partial charge in [-0.05, 0) is 48.7 Å². The van der Waals surface area contributed by atoms with Gasteiger partial charge in [-0.2, -0.15) is 0 Å². The quantitative estimate of drug-likeness (QED) is 0.101. The predicted molar refractivity (Wildman–Crippen MR) is 152 cm³/mol. The van der Waals surface area contributed by atoms with Crippen LogP contribution in [0.4, 0.5) is 10.8 Å². The number of non-ortho nitro benzene ring substituents is 1. The summed E-state index contributed by atoms with van der Waals surface area (Å²) >= 11 is 1.04. The normalized spacial score (nSPS) is 17.0. The lowest BCUT2D eigenvalue weighted by atomic mass is 9.84. The Hall–Kier alpha value is -4.64. The summed E-state index contributed by atoms with van der Waals surface area (Å²) in [7, 11) is 0. The van der Waals surface area contributed by atoms with Crippen molar-refractivity contribution in [1.82, 2.24) is 9.97 Å². The first-order chi connectivity index (χ1) is 19.0. The van der Waals surface area contributed by atoms with Crippen LogP contribution in [0.1, 0.15) is 50.6 Å². The molecule has 0 radical (unpaired) electrons. The molecule has 40 heavy (non-hydrogen) atoms. The number of pyridine rings is 1. The van der Waals surface area contributed by atoms with E-state index in [4.69, 9.17) is 4.74 Å². The molecule has 1 aliphatic heterocycles. The number of Topliss-reactive ketones (excluding diaryl/α,β-unsaturated/α-hetero) is 1. The number of ether oxygens (including phenoxy) is 1. The molecule has 3 heterocycles. The average Bonchev–Trinajstić information content (AvgIpc) is 3.46. The van der Waals surface area contributed by atoms with Crippen molar-refractivity contribution in [3.8, 4) is 5.75 Å². The van der Waals surface area contributed by atoms with Gasteiger partial charge in [0.2, 0.25) is 0 Å². The van der Waals surface area contributed by atoms with Gasteiger partial charge in [0.1, 0.15) is 17.6 Å². The number of benzene rings is 2. The van der Waals surface area contributed by atoms with E-state index in [9.17, 15) is 24.8 Å². The molecule has 0 spiro atoms. The molecule has 1 aliphatic rings. The van der Waals surface area contributed by atoms with E-state index in [2.05, 4.69) is 9.97 Å². The van der Waals surface area contributed by atoms with Crippen LogP contribution in [0.5, 0.6) is 5.75 Å². The molecule has 5 rings (SSSR count). The van der Waals surface area contributed by atoms with Crippen LogP contribution in [0, 0.1) is 10.1 Å². The summed E-state index contributed by atoms with van der Waals surface area (Å²) in [6.45, 7) is 8.39. The number of anilines is 1. The molecule has 1 N–H and O–H groups in total.